The number of benzene rings is 1. The maximum Gasteiger partial charge on any atom is 0.270 e. The Kier molecular flexibility index (Phi) is 2.07. The highest BCUT2D eigenvalue weighted by Gasteiger charge is 2.08. The van der Waals surface area contributed by atoms with E-state index >= 15 is 0 Å². The molecule has 0 unspecified atom stereocenters. The Morgan fingerprint density at radius 1 is 0.833 bits per heavy atom. The van der Waals surface area contributed by atoms with Gasteiger partial charge in [-0.1, -0.05) is 0 Å². The summed E-state index contributed by atoms with van der Waals surface area (Å²) in [6.07, 6.45) is 0. The van der Waals surface area contributed by atoms with E-state index < -0.39 is 0 Å². The normalized spacial score (nSPS) is 11.2. The largest absolute Gasteiger partial charge is 0.270 e. The smallest absolute Gasteiger partial charge is 0.267 e. The second kappa shape index (κ2) is 3.49. The molecule has 0 aliphatic rings. The lowest BCUT2D eigenvalue weighted by molar-refractivity contribution is 0.976. The van der Waals surface area contributed by atoms with Gasteiger partial charge in [0.15, 0.2) is 0 Å². The molecule has 6 heteroatoms. The number of aryl methyl sites for hydroxylation is 2. The second-order valence-electron chi connectivity index (χ2n) is 4.19. The molecule has 0 spiro atoms. The highest BCUT2D eigenvalue weighted by atomic mass is 16.1. The lowest BCUT2D eigenvalue weighted by atomic mass is 10.1. The summed E-state index contributed by atoms with van der Waals surface area (Å²) in [5.74, 6) is 0. The average Bonchev–Trinajstić information content (AvgIpc) is 2.34. The molecule has 0 atom stereocenters. The number of aromatic nitrogens is 4. The third kappa shape index (κ3) is 1.42. The van der Waals surface area contributed by atoms with Gasteiger partial charge in [-0.05, 0) is 26.0 Å². The van der Waals surface area contributed by atoms with Gasteiger partial charge in [0.05, 0.1) is 33.2 Å². The summed E-state index contributed by atoms with van der Waals surface area (Å²) in [4.78, 5) is 32.0. The Hall–Kier alpha value is -2.50. The number of nitrogens with one attached hydrogen (secondary N) is 2. The summed E-state index contributed by atoms with van der Waals surface area (Å²) in [5.41, 5.74) is 2.16. The first-order chi connectivity index (χ1) is 8.56. The number of fused-ring (bicyclic) bond motifs is 2. The van der Waals surface area contributed by atoms with Gasteiger partial charge in [0.2, 0.25) is 0 Å². The zero-order chi connectivity index (χ0) is 12.9. The summed E-state index contributed by atoms with van der Waals surface area (Å²) >= 11 is 0. The molecular formula is C12H10N4O2. The van der Waals surface area contributed by atoms with E-state index in [1.165, 1.54) is 0 Å². The molecule has 0 saturated heterocycles. The van der Waals surface area contributed by atoms with Crippen LogP contribution in [0.1, 0.15) is 11.4 Å². The third-order valence-corrected chi connectivity index (χ3v) is 2.99. The predicted molar refractivity (Wildman–Crippen MR) is 67.8 cm³/mol. The van der Waals surface area contributed by atoms with Crippen molar-refractivity contribution in [1.82, 2.24) is 20.2 Å². The number of hydrogen-bond acceptors (Lipinski definition) is 4. The van der Waals surface area contributed by atoms with Gasteiger partial charge in [-0.2, -0.15) is 0 Å². The molecule has 0 bridgehead atoms. The fourth-order valence-electron chi connectivity index (χ4n) is 1.90. The predicted octanol–water partition coefficient (Wildman–Crippen LogP) is 0.776. The fourth-order valence-corrected chi connectivity index (χ4v) is 1.90. The second-order valence-corrected chi connectivity index (χ2v) is 4.19. The van der Waals surface area contributed by atoms with Crippen molar-refractivity contribution in [2.24, 2.45) is 0 Å². The highest BCUT2D eigenvalue weighted by molar-refractivity contribution is 5.93. The fraction of sp³-hybridized carbons (Fsp3) is 0.167. The quantitative estimate of drug-likeness (QED) is 0.570. The summed E-state index contributed by atoms with van der Waals surface area (Å²) in [6.45, 7) is 3.71. The molecule has 0 fully saturated rings. The van der Waals surface area contributed by atoms with Crippen LogP contribution < -0.4 is 11.1 Å². The van der Waals surface area contributed by atoms with E-state index in [1.54, 1.807) is 12.1 Å². The van der Waals surface area contributed by atoms with Crippen LogP contribution in [0.3, 0.4) is 0 Å². The van der Waals surface area contributed by atoms with Crippen molar-refractivity contribution in [3.8, 4) is 0 Å². The van der Waals surface area contributed by atoms with Gasteiger partial charge in [-0.25, -0.2) is 9.97 Å². The van der Waals surface area contributed by atoms with Gasteiger partial charge >= 0.3 is 0 Å². The SMILES string of the molecule is Cc1nc2cc3c(=O)[nH][nH]c(=O)c3cc2nc1C. The number of nitrogens with zero attached hydrogens (tertiary/aromatic N) is 2. The molecule has 0 aliphatic carbocycles. The third-order valence-electron chi connectivity index (χ3n) is 2.99. The molecule has 18 heavy (non-hydrogen) atoms. The van der Waals surface area contributed by atoms with Gasteiger partial charge in [-0.15, -0.1) is 0 Å². The minimum Gasteiger partial charge on any atom is -0.267 e. The van der Waals surface area contributed by atoms with Crippen LogP contribution >= 0.6 is 0 Å². The lowest BCUT2D eigenvalue weighted by Gasteiger charge is -2.03. The molecule has 1 aromatic carbocycles. The standard InChI is InChI=1S/C12H10N4O2/c1-5-6(2)14-10-4-8-7(3-9(10)13-5)11(17)15-16-12(8)18/h3-4H,1-2H3,(H,15,17)(H,16,18). The Balaban J connectivity index is 2.59. The first-order valence-corrected chi connectivity index (χ1v) is 5.46. The molecule has 0 saturated carbocycles. The van der Waals surface area contributed by atoms with Crippen LogP contribution in [0.15, 0.2) is 21.7 Å². The zero-order valence-electron chi connectivity index (χ0n) is 9.87. The zero-order valence-corrected chi connectivity index (χ0v) is 9.87. The van der Waals surface area contributed by atoms with Crippen molar-refractivity contribution in [2.75, 3.05) is 0 Å². The van der Waals surface area contributed by atoms with Crippen molar-refractivity contribution in [1.29, 1.82) is 0 Å². The van der Waals surface area contributed by atoms with E-state index in [1.807, 2.05) is 13.8 Å². The topological polar surface area (TPSA) is 91.5 Å². The molecule has 0 aliphatic heterocycles. The summed E-state index contributed by atoms with van der Waals surface area (Å²) in [7, 11) is 0. The minimum atomic E-state index is -0.341. The van der Waals surface area contributed by atoms with Gasteiger partial charge in [-0.3, -0.25) is 19.8 Å². The molecular weight excluding hydrogens is 232 g/mol. The lowest BCUT2D eigenvalue weighted by Crippen LogP contribution is -2.19. The van der Waals surface area contributed by atoms with E-state index in [0.717, 1.165) is 11.4 Å². The van der Waals surface area contributed by atoms with Crippen LogP contribution in [0.4, 0.5) is 0 Å². The van der Waals surface area contributed by atoms with Gasteiger partial charge in [0.1, 0.15) is 0 Å². The minimum absolute atomic E-state index is 0.323. The monoisotopic (exact) mass is 242 g/mol. The first-order valence-electron chi connectivity index (χ1n) is 5.46. The molecule has 3 rings (SSSR count). The van der Waals surface area contributed by atoms with Crippen molar-refractivity contribution in [3.63, 3.8) is 0 Å². The van der Waals surface area contributed by atoms with Crippen molar-refractivity contribution in [3.05, 3.63) is 44.2 Å². The molecule has 0 amide bonds. The van der Waals surface area contributed by atoms with Crippen molar-refractivity contribution in [2.45, 2.75) is 13.8 Å². The van der Waals surface area contributed by atoms with E-state index in [0.29, 0.717) is 21.8 Å². The highest BCUT2D eigenvalue weighted by Crippen LogP contribution is 2.16. The number of H-pyrrole nitrogens is 2. The number of aromatic amines is 2. The molecule has 2 aromatic heterocycles. The van der Waals surface area contributed by atoms with Crippen LogP contribution in [0.2, 0.25) is 0 Å². The molecule has 0 radical (unpaired) electrons. The summed E-state index contributed by atoms with van der Waals surface area (Å²) in [6, 6.07) is 3.19. The van der Waals surface area contributed by atoms with Crippen molar-refractivity contribution < 1.29 is 0 Å². The maximum atomic E-state index is 11.7. The molecule has 6 nitrogen and oxygen atoms in total. The van der Waals surface area contributed by atoms with Crippen LogP contribution in [-0.2, 0) is 0 Å². The molecule has 90 valence electrons. The van der Waals surface area contributed by atoms with E-state index in [2.05, 4.69) is 20.2 Å². The van der Waals surface area contributed by atoms with Crippen LogP contribution in [0, 0.1) is 13.8 Å². The van der Waals surface area contributed by atoms with Crippen LogP contribution in [0.25, 0.3) is 21.8 Å². The van der Waals surface area contributed by atoms with E-state index in [9.17, 15) is 9.59 Å². The van der Waals surface area contributed by atoms with E-state index in [4.69, 9.17) is 0 Å². The Labute approximate surface area is 101 Å². The van der Waals surface area contributed by atoms with Crippen LogP contribution in [-0.4, -0.2) is 20.2 Å². The Morgan fingerprint density at radius 2 is 1.22 bits per heavy atom. The first kappa shape index (κ1) is 10.6. The number of rotatable bonds is 0. The average molecular weight is 242 g/mol. The van der Waals surface area contributed by atoms with Crippen LogP contribution in [0.5, 0.6) is 0 Å². The van der Waals surface area contributed by atoms with Gasteiger partial charge in [0.25, 0.3) is 11.1 Å². The Morgan fingerprint density at radius 3 is 1.61 bits per heavy atom. The van der Waals surface area contributed by atoms with Gasteiger partial charge < -0.3 is 0 Å². The van der Waals surface area contributed by atoms with Crippen molar-refractivity contribution >= 4 is 21.8 Å². The molecule has 2 N–H and O–H groups in total. The summed E-state index contributed by atoms with van der Waals surface area (Å²) in [5, 5.41) is 5.23. The number of hydrogen-bond donors (Lipinski definition) is 2. The van der Waals surface area contributed by atoms with Gasteiger partial charge in [0, 0.05) is 0 Å². The Bertz CT molecular complexity index is 818. The molecule has 3 aromatic rings. The maximum absolute atomic E-state index is 11.7. The molecule has 2 heterocycles. The van der Waals surface area contributed by atoms with E-state index in [-0.39, 0.29) is 11.1 Å². The summed E-state index contributed by atoms with van der Waals surface area (Å²) < 4.78 is 0.